The van der Waals surface area contributed by atoms with Crippen LogP contribution >= 0.6 is 33.9 Å². The summed E-state index contributed by atoms with van der Waals surface area (Å²) in [5.74, 6) is -0.753. The van der Waals surface area contributed by atoms with E-state index in [0.29, 0.717) is 2.88 Å². The van der Waals surface area contributed by atoms with E-state index < -0.39 is 33.7 Å². The quantitative estimate of drug-likeness (QED) is 0.308. The van der Waals surface area contributed by atoms with Crippen LogP contribution in [0.5, 0.6) is 0 Å². The number of rotatable bonds is 7. The number of esters is 1. The van der Waals surface area contributed by atoms with Crippen LogP contribution in [0.15, 0.2) is 11.0 Å². The second kappa shape index (κ2) is 9.37. The minimum Gasteiger partial charge on any atom is -0.464 e. The van der Waals surface area contributed by atoms with Gasteiger partial charge in [0.25, 0.3) is 0 Å². The molecular weight excluding hydrogens is 494 g/mol. The Kier molecular flexibility index (Phi) is 8.36. The van der Waals surface area contributed by atoms with Gasteiger partial charge in [-0.3, -0.25) is 0 Å². The van der Waals surface area contributed by atoms with Crippen LogP contribution in [0.3, 0.4) is 0 Å². The molecule has 1 amide bonds. The zero-order chi connectivity index (χ0) is 20.1. The molecule has 1 unspecified atom stereocenters. The minimum atomic E-state index is -3.83. The molecule has 1 aromatic rings. The molecule has 0 bridgehead atoms. The zero-order valence-corrected chi connectivity index (χ0v) is 19.0. The van der Waals surface area contributed by atoms with Gasteiger partial charge in [0, 0.05) is 6.54 Å². The zero-order valence-electron chi connectivity index (χ0n) is 15.2. The fourth-order valence-electron chi connectivity index (χ4n) is 1.80. The van der Waals surface area contributed by atoms with Crippen molar-refractivity contribution in [1.29, 1.82) is 0 Å². The Labute approximate surface area is 172 Å². The van der Waals surface area contributed by atoms with Crippen LogP contribution in [0.4, 0.5) is 4.79 Å². The van der Waals surface area contributed by atoms with Crippen molar-refractivity contribution in [2.75, 3.05) is 13.2 Å². The van der Waals surface area contributed by atoms with Crippen molar-refractivity contribution >= 4 is 68.6 Å². The Morgan fingerprint density at radius 1 is 1.38 bits per heavy atom. The molecule has 0 aromatic carbocycles. The van der Waals surface area contributed by atoms with Gasteiger partial charge in [-0.25, -0.2) is 22.7 Å². The van der Waals surface area contributed by atoms with Crippen molar-refractivity contribution in [2.45, 2.75) is 44.2 Å². The van der Waals surface area contributed by atoms with Crippen LogP contribution in [0.25, 0.3) is 0 Å². The van der Waals surface area contributed by atoms with Crippen LogP contribution in [0.2, 0.25) is 0 Å². The molecule has 1 heterocycles. The summed E-state index contributed by atoms with van der Waals surface area (Å²) in [6.07, 6.45) is -0.837. The predicted molar refractivity (Wildman–Crippen MR) is 110 cm³/mol. The lowest BCUT2D eigenvalue weighted by Gasteiger charge is -2.23. The topological polar surface area (TPSA) is 111 Å². The largest absolute Gasteiger partial charge is 0.464 e. The van der Waals surface area contributed by atoms with Crippen molar-refractivity contribution in [3.05, 3.63) is 8.95 Å². The molecule has 0 saturated carbocycles. The average Bonchev–Trinajstić information content (AvgIpc) is 2.81. The Morgan fingerprint density at radius 3 is 2.46 bits per heavy atom. The normalized spacial score (nSPS) is 13.1. The van der Waals surface area contributed by atoms with Crippen LogP contribution in [0.1, 0.15) is 27.7 Å². The number of hydrogen-bond donors (Lipinski definition) is 2. The number of sulfonamides is 1. The molecule has 8 nitrogen and oxygen atoms in total. The van der Waals surface area contributed by atoms with Crippen molar-refractivity contribution in [3.63, 3.8) is 0 Å². The third-order valence-corrected chi connectivity index (χ3v) is 6.83. The van der Waals surface area contributed by atoms with Crippen molar-refractivity contribution in [1.82, 2.24) is 10.0 Å². The molecule has 0 aliphatic rings. The number of carbonyl (C=O) groups excluding carboxylic acids is 2. The fourth-order valence-corrected chi connectivity index (χ4v) is 6.10. The molecule has 2 N–H and O–H groups in total. The maximum Gasteiger partial charge on any atom is 0.408 e. The molecule has 12 heteroatoms. The maximum atomic E-state index is 12.5. The summed E-state index contributed by atoms with van der Waals surface area (Å²) in [6, 6.07) is 0.340. The van der Waals surface area contributed by atoms with Crippen LogP contribution in [-0.2, 0) is 24.3 Å². The van der Waals surface area contributed by atoms with Gasteiger partial charge in [-0.15, -0.1) is 11.3 Å². The van der Waals surface area contributed by atoms with E-state index in [1.165, 1.54) is 11.3 Å². The molecule has 0 aliphatic heterocycles. The summed E-state index contributed by atoms with van der Waals surface area (Å²) in [4.78, 5) is 24.1. The lowest BCUT2D eigenvalue weighted by atomic mass is 10.1. The number of ether oxygens (including phenoxy) is 2. The summed E-state index contributed by atoms with van der Waals surface area (Å²) in [5, 5.41) is 2.34. The van der Waals surface area contributed by atoms with Gasteiger partial charge in [0.15, 0.2) is 7.85 Å². The van der Waals surface area contributed by atoms with Gasteiger partial charge in [0.05, 0.1) is 9.49 Å². The monoisotopic (exact) mass is 516 g/mol. The third kappa shape index (κ3) is 7.41. The molecule has 0 fully saturated rings. The summed E-state index contributed by atoms with van der Waals surface area (Å²) < 4.78 is 38.7. The van der Waals surface area contributed by atoms with Gasteiger partial charge >= 0.3 is 12.1 Å². The van der Waals surface area contributed by atoms with E-state index in [9.17, 15) is 18.0 Å². The first kappa shape index (κ1) is 23.2. The number of thiophene rings is 1. The van der Waals surface area contributed by atoms with Gasteiger partial charge < -0.3 is 14.8 Å². The van der Waals surface area contributed by atoms with Gasteiger partial charge in [-0.2, -0.15) is 0 Å². The Morgan fingerprint density at radius 2 is 2.00 bits per heavy atom. The van der Waals surface area contributed by atoms with Crippen molar-refractivity contribution in [3.8, 4) is 0 Å². The van der Waals surface area contributed by atoms with E-state index in [2.05, 4.69) is 10.0 Å². The Hall–Kier alpha value is -0.855. The van der Waals surface area contributed by atoms with E-state index in [1.54, 1.807) is 41.6 Å². The Balaban J connectivity index is 2.87. The van der Waals surface area contributed by atoms with E-state index in [4.69, 9.17) is 9.47 Å². The Bertz CT molecular complexity index is 760. The predicted octanol–water partition coefficient (Wildman–Crippen LogP) is 0.346. The van der Waals surface area contributed by atoms with E-state index in [0.717, 1.165) is 4.78 Å². The molecule has 1 atom stereocenters. The smallest absolute Gasteiger partial charge is 0.408 e. The standard InChI is InChI=1S/C14H22BIN2O6S2/c1-5-23-12(19)8(18-13(20)24-14(2,3)4)7-17-26(21,22)9-6-10(15)25-11(9)16/h6,8,17H,5,7,15H2,1-4H3,(H,18,20). The van der Waals surface area contributed by atoms with Crippen LogP contribution < -0.4 is 14.8 Å². The minimum absolute atomic E-state index is 0.0969. The average molecular weight is 516 g/mol. The van der Waals surface area contributed by atoms with E-state index in [-0.39, 0.29) is 18.0 Å². The highest BCUT2D eigenvalue weighted by atomic mass is 127. The second-order valence-electron chi connectivity index (χ2n) is 6.30. The molecule has 146 valence electrons. The maximum absolute atomic E-state index is 12.5. The van der Waals surface area contributed by atoms with Gasteiger partial charge in [0.2, 0.25) is 10.0 Å². The van der Waals surface area contributed by atoms with Crippen LogP contribution in [0, 0.1) is 2.88 Å². The third-order valence-electron chi connectivity index (χ3n) is 2.81. The highest BCUT2D eigenvalue weighted by Crippen LogP contribution is 2.21. The molecule has 0 radical (unpaired) electrons. The fraction of sp³-hybridized carbons (Fsp3) is 0.571. The highest BCUT2D eigenvalue weighted by Gasteiger charge is 2.28. The van der Waals surface area contributed by atoms with E-state index in [1.807, 2.05) is 22.6 Å². The van der Waals surface area contributed by atoms with Crippen molar-refractivity contribution in [2.24, 2.45) is 0 Å². The van der Waals surface area contributed by atoms with Crippen molar-refractivity contribution < 1.29 is 27.5 Å². The van der Waals surface area contributed by atoms with E-state index >= 15 is 0 Å². The first-order chi connectivity index (χ1) is 11.9. The number of carbonyl (C=O) groups is 2. The molecule has 1 aromatic heterocycles. The number of halogens is 1. The summed E-state index contributed by atoms with van der Waals surface area (Å²) in [6.45, 7) is 6.38. The highest BCUT2D eigenvalue weighted by molar-refractivity contribution is 14.1. The lowest BCUT2D eigenvalue weighted by molar-refractivity contribution is -0.145. The lowest BCUT2D eigenvalue weighted by Crippen LogP contribution is -2.50. The molecule has 26 heavy (non-hydrogen) atoms. The first-order valence-electron chi connectivity index (χ1n) is 7.77. The number of alkyl carbamates (subject to hydrolysis) is 1. The molecular formula is C14H22BIN2O6S2. The molecule has 0 saturated heterocycles. The summed E-state index contributed by atoms with van der Waals surface area (Å²) >= 11 is 3.29. The summed E-state index contributed by atoms with van der Waals surface area (Å²) in [5.41, 5.74) is -0.757. The second-order valence-corrected chi connectivity index (χ2v) is 11.1. The molecule has 0 spiro atoms. The summed E-state index contributed by atoms with van der Waals surface area (Å²) in [7, 11) is -2.03. The first-order valence-corrected chi connectivity index (χ1v) is 11.2. The van der Waals surface area contributed by atoms with Gasteiger partial charge in [-0.05, 0) is 61.1 Å². The SMILES string of the molecule is Bc1cc(S(=O)(=O)NCC(NC(=O)OC(C)(C)C)C(=O)OCC)c(I)s1. The molecule has 1 rings (SSSR count). The number of amides is 1. The number of hydrogen-bond acceptors (Lipinski definition) is 7. The number of nitrogens with one attached hydrogen (secondary N) is 2. The molecule has 0 aliphatic carbocycles. The van der Waals surface area contributed by atoms with Gasteiger partial charge in [-0.1, -0.05) is 0 Å². The van der Waals surface area contributed by atoms with Crippen LogP contribution in [-0.4, -0.2) is 53.1 Å². The van der Waals surface area contributed by atoms with Gasteiger partial charge in [0.1, 0.15) is 16.5 Å².